The molecule has 0 aliphatic heterocycles. The molecule has 0 spiro atoms. The molecule has 0 saturated heterocycles. The van der Waals surface area contributed by atoms with Gasteiger partial charge in [0.1, 0.15) is 0 Å². The molecule has 9 heavy (non-hydrogen) atoms. The first kappa shape index (κ1) is 8.88. The second-order valence-electron chi connectivity index (χ2n) is 2.19. The van der Waals surface area contributed by atoms with Gasteiger partial charge in [-0.15, -0.1) is 0 Å². The van der Waals surface area contributed by atoms with Crippen LogP contribution in [0.25, 0.3) is 0 Å². The molecule has 1 radical (unpaired) electrons. The highest BCUT2D eigenvalue weighted by Gasteiger charge is 2.03. The average molecular weight is 132 g/mol. The highest BCUT2D eigenvalue weighted by Crippen LogP contribution is 1.95. The van der Waals surface area contributed by atoms with Gasteiger partial charge in [-0.2, -0.15) is 0 Å². The molecule has 0 heterocycles. The molecule has 0 saturated carbocycles. The van der Waals surface area contributed by atoms with Crippen LogP contribution in [0.5, 0.6) is 0 Å². The molecule has 0 aromatic carbocycles. The maximum Gasteiger partial charge on any atom is 0.0733 e. The Balaban J connectivity index is 3.15. The minimum atomic E-state index is -0.509. The Hall–Kier alpha value is -0.120. The summed E-state index contributed by atoms with van der Waals surface area (Å²) in [6.45, 7) is 1.68. The van der Waals surface area contributed by atoms with Gasteiger partial charge in [-0.3, -0.25) is 0 Å². The maximum absolute atomic E-state index is 8.96. The molecule has 55 valence electrons. The van der Waals surface area contributed by atoms with E-state index in [0.717, 1.165) is 0 Å². The lowest BCUT2D eigenvalue weighted by atomic mass is 10.2. The minimum absolute atomic E-state index is 0.0332. The fourth-order valence-electron chi connectivity index (χ4n) is 0.551. The van der Waals surface area contributed by atoms with Gasteiger partial charge in [0, 0.05) is 6.61 Å². The Morgan fingerprint density at radius 3 is 2.44 bits per heavy atom. The van der Waals surface area contributed by atoms with Gasteiger partial charge in [0.2, 0.25) is 0 Å². The van der Waals surface area contributed by atoms with Crippen LogP contribution in [0.1, 0.15) is 6.42 Å². The number of likely N-dealkylation sites (N-methyl/N-ethyl adjacent to an activating group) is 1. The van der Waals surface area contributed by atoms with Crippen LogP contribution >= 0.6 is 0 Å². The summed E-state index contributed by atoms with van der Waals surface area (Å²) in [7, 11) is 3.67. The Bertz CT molecular complexity index is 66.1. The topological polar surface area (TPSA) is 43.7 Å². The quantitative estimate of drug-likeness (QED) is 0.539. The first-order chi connectivity index (χ1) is 4.16. The van der Waals surface area contributed by atoms with Crippen molar-refractivity contribution >= 4 is 0 Å². The standard InChI is InChI=1S/C6H14NO2/c1-7(2)5-6(9)3-4-8/h5-6,8-9H,3-4H2,1-2H3. The Morgan fingerprint density at radius 1 is 1.56 bits per heavy atom. The van der Waals surface area contributed by atoms with Crippen LogP contribution in [-0.2, 0) is 0 Å². The van der Waals surface area contributed by atoms with Gasteiger partial charge in [-0.1, -0.05) is 0 Å². The van der Waals surface area contributed by atoms with E-state index in [0.29, 0.717) is 6.42 Å². The van der Waals surface area contributed by atoms with E-state index < -0.39 is 6.10 Å². The Morgan fingerprint density at radius 2 is 2.11 bits per heavy atom. The smallest absolute Gasteiger partial charge is 0.0733 e. The molecule has 0 amide bonds. The molecule has 0 bridgehead atoms. The van der Waals surface area contributed by atoms with Crippen molar-refractivity contribution in [3.63, 3.8) is 0 Å². The van der Waals surface area contributed by atoms with Crippen LogP contribution in [0.15, 0.2) is 0 Å². The largest absolute Gasteiger partial charge is 0.396 e. The van der Waals surface area contributed by atoms with Crippen molar-refractivity contribution in [2.45, 2.75) is 12.5 Å². The SMILES string of the molecule is CN(C)[CH]C(O)CCO. The highest BCUT2D eigenvalue weighted by atomic mass is 16.3. The summed E-state index contributed by atoms with van der Waals surface area (Å²) in [5.74, 6) is 0. The van der Waals surface area contributed by atoms with E-state index in [1.165, 1.54) is 0 Å². The first-order valence-corrected chi connectivity index (χ1v) is 2.97. The van der Waals surface area contributed by atoms with Gasteiger partial charge < -0.3 is 15.1 Å². The molecule has 3 nitrogen and oxygen atoms in total. The van der Waals surface area contributed by atoms with E-state index in [9.17, 15) is 0 Å². The monoisotopic (exact) mass is 132 g/mol. The van der Waals surface area contributed by atoms with E-state index in [-0.39, 0.29) is 6.61 Å². The summed E-state index contributed by atoms with van der Waals surface area (Å²) in [5, 5.41) is 17.3. The number of hydrogen-bond donors (Lipinski definition) is 2. The third-order valence-electron chi connectivity index (χ3n) is 0.895. The summed E-state index contributed by atoms with van der Waals surface area (Å²) < 4.78 is 0. The fraction of sp³-hybridized carbons (Fsp3) is 0.833. The number of aliphatic hydroxyl groups excluding tert-OH is 2. The maximum atomic E-state index is 8.96. The molecular weight excluding hydrogens is 118 g/mol. The lowest BCUT2D eigenvalue weighted by molar-refractivity contribution is 0.135. The van der Waals surface area contributed by atoms with E-state index >= 15 is 0 Å². The van der Waals surface area contributed by atoms with Crippen LogP contribution in [0.3, 0.4) is 0 Å². The van der Waals surface area contributed by atoms with Crippen molar-refractivity contribution in [1.82, 2.24) is 4.90 Å². The number of hydrogen-bond acceptors (Lipinski definition) is 3. The third kappa shape index (κ3) is 5.76. The van der Waals surface area contributed by atoms with Crippen LogP contribution in [0.4, 0.5) is 0 Å². The number of aliphatic hydroxyl groups is 2. The van der Waals surface area contributed by atoms with E-state index in [4.69, 9.17) is 10.2 Å². The van der Waals surface area contributed by atoms with E-state index in [1.807, 2.05) is 14.1 Å². The molecular formula is C6H14NO2. The van der Waals surface area contributed by atoms with Crippen LogP contribution in [-0.4, -0.2) is 41.9 Å². The lowest BCUT2D eigenvalue weighted by Gasteiger charge is -2.13. The third-order valence-corrected chi connectivity index (χ3v) is 0.895. The number of rotatable bonds is 4. The summed E-state index contributed by atoms with van der Waals surface area (Å²) in [5.41, 5.74) is 0. The minimum Gasteiger partial charge on any atom is -0.396 e. The predicted molar refractivity (Wildman–Crippen MR) is 35.7 cm³/mol. The zero-order valence-corrected chi connectivity index (χ0v) is 5.91. The molecule has 0 aromatic rings. The van der Waals surface area contributed by atoms with E-state index in [1.54, 1.807) is 11.4 Å². The van der Waals surface area contributed by atoms with Gasteiger partial charge >= 0.3 is 0 Å². The van der Waals surface area contributed by atoms with Crippen molar-refractivity contribution in [2.24, 2.45) is 0 Å². The van der Waals surface area contributed by atoms with Gasteiger partial charge in [0.15, 0.2) is 0 Å². The normalized spacial score (nSPS) is 14.3. The molecule has 0 rings (SSSR count). The van der Waals surface area contributed by atoms with Crippen molar-refractivity contribution in [3.05, 3.63) is 6.54 Å². The van der Waals surface area contributed by atoms with Crippen molar-refractivity contribution in [3.8, 4) is 0 Å². The molecule has 1 unspecified atom stereocenters. The van der Waals surface area contributed by atoms with Crippen molar-refractivity contribution in [1.29, 1.82) is 0 Å². The first-order valence-electron chi connectivity index (χ1n) is 2.97. The van der Waals surface area contributed by atoms with Crippen LogP contribution in [0.2, 0.25) is 0 Å². The zero-order chi connectivity index (χ0) is 7.28. The molecule has 0 aliphatic rings. The summed E-state index contributed by atoms with van der Waals surface area (Å²) >= 11 is 0. The predicted octanol–water partition coefficient (Wildman–Crippen LogP) is -0.547. The Kier molecular flexibility index (Phi) is 4.67. The van der Waals surface area contributed by atoms with Crippen molar-refractivity contribution < 1.29 is 10.2 Å². The second kappa shape index (κ2) is 4.73. The molecule has 0 aromatic heterocycles. The molecule has 0 fully saturated rings. The summed E-state index contributed by atoms with van der Waals surface area (Å²) in [6.07, 6.45) is -0.0944. The van der Waals surface area contributed by atoms with Crippen molar-refractivity contribution in [2.75, 3.05) is 20.7 Å². The second-order valence-corrected chi connectivity index (χ2v) is 2.19. The fourth-order valence-corrected chi connectivity index (χ4v) is 0.551. The Labute approximate surface area is 55.9 Å². The summed E-state index contributed by atoms with van der Waals surface area (Å²) in [4.78, 5) is 1.76. The van der Waals surface area contributed by atoms with Gasteiger partial charge in [0.25, 0.3) is 0 Å². The van der Waals surface area contributed by atoms with E-state index in [2.05, 4.69) is 0 Å². The van der Waals surface area contributed by atoms with Gasteiger partial charge in [-0.05, 0) is 20.5 Å². The molecule has 3 heteroatoms. The van der Waals surface area contributed by atoms with Gasteiger partial charge in [0.05, 0.1) is 12.6 Å². The average Bonchev–Trinajstić information content (AvgIpc) is 1.63. The highest BCUT2D eigenvalue weighted by molar-refractivity contribution is 4.71. The molecule has 1 atom stereocenters. The molecule has 2 N–H and O–H groups in total. The number of nitrogens with zero attached hydrogens (tertiary/aromatic N) is 1. The lowest BCUT2D eigenvalue weighted by Crippen LogP contribution is -2.20. The van der Waals surface area contributed by atoms with Gasteiger partial charge in [-0.25, -0.2) is 0 Å². The zero-order valence-electron chi connectivity index (χ0n) is 5.91. The van der Waals surface area contributed by atoms with Crippen LogP contribution < -0.4 is 0 Å². The summed E-state index contributed by atoms with van der Waals surface area (Å²) in [6, 6.07) is 0. The van der Waals surface area contributed by atoms with Crippen LogP contribution in [0, 0.1) is 6.54 Å². The molecule has 0 aliphatic carbocycles.